The summed E-state index contributed by atoms with van der Waals surface area (Å²) in [5, 5.41) is 0. The number of hydrogen-bond acceptors (Lipinski definition) is 5. The highest BCUT2D eigenvalue weighted by Gasteiger charge is 2.04. The Balaban J connectivity index is 2.08. The summed E-state index contributed by atoms with van der Waals surface area (Å²) in [4.78, 5) is 10.1. The van der Waals surface area contributed by atoms with Crippen LogP contribution in [-0.4, -0.2) is 17.0 Å². The van der Waals surface area contributed by atoms with Gasteiger partial charge in [-0.25, -0.2) is 9.97 Å². The highest BCUT2D eigenvalue weighted by molar-refractivity contribution is 5.39. The van der Waals surface area contributed by atoms with E-state index in [4.69, 9.17) is 10.2 Å². The molecular formula is C10H12N4O. The van der Waals surface area contributed by atoms with E-state index in [1.165, 1.54) is 0 Å². The average molecular weight is 204 g/mol. The van der Waals surface area contributed by atoms with Crippen molar-refractivity contribution < 1.29 is 4.42 Å². The van der Waals surface area contributed by atoms with Gasteiger partial charge >= 0.3 is 0 Å². The van der Waals surface area contributed by atoms with E-state index < -0.39 is 0 Å². The summed E-state index contributed by atoms with van der Waals surface area (Å²) in [6.07, 6.45) is 6.55. The van der Waals surface area contributed by atoms with Crippen LogP contribution in [0.1, 0.15) is 5.56 Å². The molecule has 0 saturated carbocycles. The summed E-state index contributed by atoms with van der Waals surface area (Å²) in [6, 6.07) is 1.92. The van der Waals surface area contributed by atoms with Gasteiger partial charge < -0.3 is 15.1 Å². The molecule has 0 bridgehead atoms. The van der Waals surface area contributed by atoms with Gasteiger partial charge in [0, 0.05) is 19.2 Å². The molecule has 2 aromatic rings. The Morgan fingerprint density at radius 2 is 2.27 bits per heavy atom. The van der Waals surface area contributed by atoms with E-state index in [2.05, 4.69) is 9.97 Å². The van der Waals surface area contributed by atoms with E-state index in [0.717, 1.165) is 17.9 Å². The summed E-state index contributed by atoms with van der Waals surface area (Å²) in [6.45, 7) is 0.731. The van der Waals surface area contributed by atoms with Crippen LogP contribution in [0.4, 0.5) is 11.6 Å². The van der Waals surface area contributed by atoms with Crippen molar-refractivity contribution in [1.29, 1.82) is 0 Å². The van der Waals surface area contributed by atoms with E-state index in [9.17, 15) is 0 Å². The first kappa shape index (κ1) is 9.51. The Morgan fingerprint density at radius 1 is 1.40 bits per heavy atom. The van der Waals surface area contributed by atoms with Gasteiger partial charge in [0.25, 0.3) is 0 Å². The molecule has 0 atom stereocenters. The molecule has 5 nitrogen and oxygen atoms in total. The average Bonchev–Trinajstić information content (AvgIpc) is 2.71. The molecule has 0 aliphatic heterocycles. The van der Waals surface area contributed by atoms with Crippen molar-refractivity contribution in [2.75, 3.05) is 17.7 Å². The van der Waals surface area contributed by atoms with Gasteiger partial charge in [-0.15, -0.1) is 0 Å². The standard InChI is InChI=1S/C10H12N4O/c1-14(6-8-2-3-15-7-8)10-5-12-9(11)4-13-10/h2-5,7H,6H2,1H3,(H2,11,12). The summed E-state index contributed by atoms with van der Waals surface area (Å²) >= 11 is 0. The molecule has 2 rings (SSSR count). The highest BCUT2D eigenvalue weighted by atomic mass is 16.3. The number of nitrogens with zero attached hydrogens (tertiary/aromatic N) is 3. The van der Waals surface area contributed by atoms with E-state index in [-0.39, 0.29) is 0 Å². The molecule has 0 radical (unpaired) electrons. The van der Waals surface area contributed by atoms with Crippen molar-refractivity contribution in [3.63, 3.8) is 0 Å². The fourth-order valence-electron chi connectivity index (χ4n) is 1.27. The molecule has 5 heteroatoms. The van der Waals surface area contributed by atoms with Crippen LogP contribution in [0.15, 0.2) is 35.4 Å². The number of furan rings is 1. The second-order valence-corrected chi connectivity index (χ2v) is 3.29. The second kappa shape index (κ2) is 4.00. The Bertz CT molecular complexity index is 409. The smallest absolute Gasteiger partial charge is 0.147 e. The number of aromatic nitrogens is 2. The lowest BCUT2D eigenvalue weighted by Gasteiger charge is -2.16. The van der Waals surface area contributed by atoms with Crippen molar-refractivity contribution in [3.05, 3.63) is 36.5 Å². The molecule has 0 unspecified atom stereocenters. The van der Waals surface area contributed by atoms with Crippen LogP contribution in [-0.2, 0) is 6.54 Å². The Hall–Kier alpha value is -2.04. The molecule has 2 aromatic heterocycles. The van der Waals surface area contributed by atoms with Crippen molar-refractivity contribution in [2.24, 2.45) is 0 Å². The predicted molar refractivity (Wildman–Crippen MR) is 57.3 cm³/mol. The van der Waals surface area contributed by atoms with Crippen LogP contribution < -0.4 is 10.6 Å². The van der Waals surface area contributed by atoms with Crippen LogP contribution in [0.5, 0.6) is 0 Å². The largest absolute Gasteiger partial charge is 0.472 e. The van der Waals surface area contributed by atoms with Gasteiger partial charge in [0.15, 0.2) is 0 Å². The lowest BCUT2D eigenvalue weighted by Crippen LogP contribution is -2.17. The number of hydrogen-bond donors (Lipinski definition) is 1. The molecule has 0 saturated heterocycles. The van der Waals surface area contributed by atoms with Crippen LogP contribution in [0, 0.1) is 0 Å². The molecule has 78 valence electrons. The number of nitrogens with two attached hydrogens (primary N) is 1. The van der Waals surface area contributed by atoms with Gasteiger partial charge in [0.05, 0.1) is 24.9 Å². The molecule has 0 aliphatic carbocycles. The number of rotatable bonds is 3. The molecule has 0 amide bonds. The summed E-state index contributed by atoms with van der Waals surface area (Å²) < 4.78 is 4.99. The lowest BCUT2D eigenvalue weighted by molar-refractivity contribution is 0.563. The number of anilines is 2. The lowest BCUT2D eigenvalue weighted by atomic mass is 10.3. The van der Waals surface area contributed by atoms with E-state index in [1.54, 1.807) is 24.9 Å². The van der Waals surface area contributed by atoms with Crippen molar-refractivity contribution in [1.82, 2.24) is 9.97 Å². The predicted octanol–water partition coefficient (Wildman–Crippen LogP) is 1.29. The third-order valence-electron chi connectivity index (χ3n) is 2.05. The topological polar surface area (TPSA) is 68.2 Å². The van der Waals surface area contributed by atoms with Gasteiger partial charge in [0.2, 0.25) is 0 Å². The minimum absolute atomic E-state index is 0.426. The maximum absolute atomic E-state index is 5.46. The van der Waals surface area contributed by atoms with Crippen molar-refractivity contribution in [3.8, 4) is 0 Å². The quantitative estimate of drug-likeness (QED) is 0.815. The van der Waals surface area contributed by atoms with E-state index >= 15 is 0 Å². The first-order chi connectivity index (χ1) is 7.25. The van der Waals surface area contributed by atoms with Gasteiger partial charge in [-0.05, 0) is 6.07 Å². The normalized spacial score (nSPS) is 10.2. The van der Waals surface area contributed by atoms with Crippen molar-refractivity contribution >= 4 is 11.6 Å². The summed E-state index contributed by atoms with van der Waals surface area (Å²) in [5.41, 5.74) is 6.55. The third kappa shape index (κ3) is 2.25. The van der Waals surface area contributed by atoms with Gasteiger partial charge in [-0.2, -0.15) is 0 Å². The fraction of sp³-hybridized carbons (Fsp3) is 0.200. The molecule has 0 spiro atoms. The maximum Gasteiger partial charge on any atom is 0.147 e. The first-order valence-corrected chi connectivity index (χ1v) is 4.55. The molecule has 2 heterocycles. The maximum atomic E-state index is 5.46. The monoisotopic (exact) mass is 204 g/mol. The van der Waals surface area contributed by atoms with Crippen molar-refractivity contribution in [2.45, 2.75) is 6.54 Å². The SMILES string of the molecule is CN(Cc1ccoc1)c1cnc(N)cn1. The van der Waals surface area contributed by atoms with Crippen LogP contribution in [0.2, 0.25) is 0 Å². The first-order valence-electron chi connectivity index (χ1n) is 4.55. The van der Waals surface area contributed by atoms with Gasteiger partial charge in [-0.3, -0.25) is 0 Å². The zero-order chi connectivity index (χ0) is 10.7. The van der Waals surface area contributed by atoms with E-state index in [1.807, 2.05) is 18.0 Å². The third-order valence-corrected chi connectivity index (χ3v) is 2.05. The zero-order valence-electron chi connectivity index (χ0n) is 8.42. The van der Waals surface area contributed by atoms with Crippen LogP contribution >= 0.6 is 0 Å². The summed E-state index contributed by atoms with van der Waals surface area (Å²) in [5.74, 6) is 1.21. The van der Waals surface area contributed by atoms with Crippen LogP contribution in [0.25, 0.3) is 0 Å². The highest BCUT2D eigenvalue weighted by Crippen LogP contribution is 2.11. The fourth-order valence-corrected chi connectivity index (χ4v) is 1.27. The Kier molecular flexibility index (Phi) is 2.53. The minimum atomic E-state index is 0.426. The second-order valence-electron chi connectivity index (χ2n) is 3.29. The Labute approximate surface area is 87.6 Å². The molecular weight excluding hydrogens is 192 g/mol. The Morgan fingerprint density at radius 3 is 2.87 bits per heavy atom. The van der Waals surface area contributed by atoms with Gasteiger partial charge in [0.1, 0.15) is 11.6 Å². The number of nitrogen functional groups attached to an aromatic ring is 1. The molecule has 0 aromatic carbocycles. The van der Waals surface area contributed by atoms with E-state index in [0.29, 0.717) is 5.82 Å². The molecule has 0 aliphatic rings. The van der Waals surface area contributed by atoms with Gasteiger partial charge in [-0.1, -0.05) is 0 Å². The summed E-state index contributed by atoms with van der Waals surface area (Å²) in [7, 11) is 1.94. The van der Waals surface area contributed by atoms with Crippen LogP contribution in [0.3, 0.4) is 0 Å². The molecule has 0 fully saturated rings. The zero-order valence-corrected chi connectivity index (χ0v) is 8.42. The molecule has 15 heavy (non-hydrogen) atoms. The minimum Gasteiger partial charge on any atom is -0.472 e. The molecule has 2 N–H and O–H groups in total.